The van der Waals surface area contributed by atoms with Crippen LogP contribution in [0.2, 0.25) is 0 Å². The third-order valence-electron chi connectivity index (χ3n) is 3.30. The van der Waals surface area contributed by atoms with Crippen molar-refractivity contribution in [2.75, 3.05) is 6.26 Å². The lowest BCUT2D eigenvalue weighted by Crippen LogP contribution is -2.20. The van der Waals surface area contributed by atoms with Gasteiger partial charge in [-0.3, -0.25) is 4.79 Å². The maximum atomic E-state index is 12.2. The smallest absolute Gasteiger partial charge is 0.170 e. The Hall–Kier alpha value is -1.74. The van der Waals surface area contributed by atoms with Crippen LogP contribution in [-0.2, 0) is 0 Å². The first-order valence-corrected chi connectivity index (χ1v) is 7.43. The topological polar surface area (TPSA) is 26.3 Å². The number of rotatable bonds is 2. The summed E-state index contributed by atoms with van der Waals surface area (Å²) in [6.45, 7) is 0. The molecule has 1 aliphatic rings. The predicted octanol–water partition coefficient (Wildman–Crippen LogP) is 4.12. The Morgan fingerprint density at radius 3 is 2.68 bits per heavy atom. The van der Waals surface area contributed by atoms with Gasteiger partial charge in [0.25, 0.3) is 0 Å². The zero-order valence-corrected chi connectivity index (χ0v) is 11.4. The van der Waals surface area contributed by atoms with Crippen LogP contribution >= 0.6 is 11.8 Å². The van der Waals surface area contributed by atoms with E-state index in [9.17, 15) is 4.79 Å². The van der Waals surface area contributed by atoms with Crippen molar-refractivity contribution in [2.24, 2.45) is 0 Å². The summed E-state index contributed by atoms with van der Waals surface area (Å²) in [5.41, 5.74) is 1.76. The Morgan fingerprint density at radius 1 is 1.16 bits per heavy atom. The number of fused-ring (bicyclic) bond motifs is 1. The third-order valence-corrected chi connectivity index (χ3v) is 4.02. The molecule has 3 rings (SSSR count). The molecular formula is C16H14O2S. The van der Waals surface area contributed by atoms with E-state index >= 15 is 0 Å². The number of Topliss-reactive ketones (excluding diaryl/α,β-unsaturated/α-hetero) is 1. The number of hydrogen-bond donors (Lipinski definition) is 0. The van der Waals surface area contributed by atoms with E-state index in [1.807, 2.05) is 54.8 Å². The van der Waals surface area contributed by atoms with Crippen molar-refractivity contribution in [2.45, 2.75) is 17.4 Å². The molecule has 2 aromatic rings. The number of thioether (sulfide) groups is 1. The summed E-state index contributed by atoms with van der Waals surface area (Å²) in [6.07, 6.45) is 2.25. The van der Waals surface area contributed by atoms with Crippen LogP contribution in [0, 0.1) is 0 Å². The molecule has 0 saturated carbocycles. The largest absolute Gasteiger partial charge is 0.484 e. The highest BCUT2D eigenvalue weighted by atomic mass is 32.2. The summed E-state index contributed by atoms with van der Waals surface area (Å²) in [7, 11) is 0. The molecule has 0 aromatic heterocycles. The van der Waals surface area contributed by atoms with Crippen LogP contribution in [0.5, 0.6) is 5.75 Å². The molecule has 1 atom stereocenters. The lowest BCUT2D eigenvalue weighted by atomic mass is 9.96. The summed E-state index contributed by atoms with van der Waals surface area (Å²) in [5.74, 6) is 0.855. The second-order valence-electron chi connectivity index (χ2n) is 4.51. The summed E-state index contributed by atoms with van der Waals surface area (Å²) in [6, 6.07) is 15.7. The molecule has 1 aliphatic heterocycles. The lowest BCUT2D eigenvalue weighted by molar-refractivity contribution is 0.0849. The lowest BCUT2D eigenvalue weighted by Gasteiger charge is -2.25. The Bertz CT molecular complexity index is 607. The molecule has 0 fully saturated rings. The van der Waals surface area contributed by atoms with Gasteiger partial charge in [0.15, 0.2) is 5.78 Å². The van der Waals surface area contributed by atoms with Gasteiger partial charge in [-0.1, -0.05) is 30.3 Å². The van der Waals surface area contributed by atoms with E-state index in [0.717, 1.165) is 10.5 Å². The number of benzene rings is 2. The van der Waals surface area contributed by atoms with Gasteiger partial charge in [-0.2, -0.15) is 0 Å². The maximum absolute atomic E-state index is 12.2. The molecule has 0 bridgehead atoms. The third kappa shape index (κ3) is 2.38. The van der Waals surface area contributed by atoms with Gasteiger partial charge in [0.1, 0.15) is 11.9 Å². The molecule has 1 unspecified atom stereocenters. The first-order valence-electron chi connectivity index (χ1n) is 6.21. The minimum Gasteiger partial charge on any atom is -0.484 e. The van der Waals surface area contributed by atoms with Gasteiger partial charge < -0.3 is 4.74 Å². The molecule has 1 heterocycles. The summed E-state index contributed by atoms with van der Waals surface area (Å²) < 4.78 is 5.96. The molecule has 2 aromatic carbocycles. The highest BCUT2D eigenvalue weighted by Gasteiger charge is 2.27. The quantitative estimate of drug-likeness (QED) is 0.768. The Kier molecular flexibility index (Phi) is 3.30. The predicted molar refractivity (Wildman–Crippen MR) is 77.0 cm³/mol. The van der Waals surface area contributed by atoms with Crippen LogP contribution in [0.25, 0.3) is 0 Å². The van der Waals surface area contributed by atoms with Crippen molar-refractivity contribution in [1.82, 2.24) is 0 Å². The normalized spacial score (nSPS) is 17.7. The Labute approximate surface area is 116 Å². The molecule has 0 radical (unpaired) electrons. The van der Waals surface area contributed by atoms with Crippen LogP contribution in [0.3, 0.4) is 0 Å². The van der Waals surface area contributed by atoms with E-state index in [1.165, 1.54) is 0 Å². The number of carbonyl (C=O) groups excluding carboxylic acids is 1. The first kappa shape index (κ1) is 12.3. The van der Waals surface area contributed by atoms with E-state index in [0.29, 0.717) is 17.7 Å². The number of ketones is 1. The second-order valence-corrected chi connectivity index (χ2v) is 5.39. The molecule has 96 valence electrons. The van der Waals surface area contributed by atoms with Gasteiger partial charge in [-0.15, -0.1) is 11.8 Å². The summed E-state index contributed by atoms with van der Waals surface area (Å²) >= 11 is 1.63. The Morgan fingerprint density at radius 2 is 1.95 bits per heavy atom. The molecule has 0 aliphatic carbocycles. The number of hydrogen-bond acceptors (Lipinski definition) is 3. The van der Waals surface area contributed by atoms with Crippen molar-refractivity contribution < 1.29 is 9.53 Å². The van der Waals surface area contributed by atoms with E-state index in [-0.39, 0.29) is 11.9 Å². The summed E-state index contributed by atoms with van der Waals surface area (Å²) in [5, 5.41) is 0. The molecular weight excluding hydrogens is 256 g/mol. The van der Waals surface area contributed by atoms with Gasteiger partial charge in [0.05, 0.1) is 12.0 Å². The van der Waals surface area contributed by atoms with Crippen LogP contribution in [0.15, 0.2) is 53.4 Å². The Balaban J connectivity index is 1.95. The fourth-order valence-electron chi connectivity index (χ4n) is 2.28. The molecule has 0 saturated heterocycles. The molecule has 2 nitrogen and oxygen atoms in total. The first-order chi connectivity index (χ1) is 9.28. The highest BCUT2D eigenvalue weighted by Crippen LogP contribution is 2.36. The fraction of sp³-hybridized carbons (Fsp3) is 0.188. The van der Waals surface area contributed by atoms with Gasteiger partial charge in [0.2, 0.25) is 0 Å². The van der Waals surface area contributed by atoms with E-state index in [1.54, 1.807) is 11.8 Å². The average molecular weight is 270 g/mol. The number of carbonyl (C=O) groups is 1. The molecule has 0 N–H and O–H groups in total. The highest BCUT2D eigenvalue weighted by molar-refractivity contribution is 7.98. The molecule has 0 amide bonds. The van der Waals surface area contributed by atoms with Crippen molar-refractivity contribution in [1.29, 1.82) is 0 Å². The van der Waals surface area contributed by atoms with Crippen LogP contribution in [0.1, 0.15) is 28.4 Å². The molecule has 19 heavy (non-hydrogen) atoms. The van der Waals surface area contributed by atoms with Crippen molar-refractivity contribution in [3.63, 3.8) is 0 Å². The second kappa shape index (κ2) is 5.10. The standard InChI is InChI=1S/C16H14O2S/c1-19-12-7-8-15-13(9-12)14(17)10-16(18-15)11-5-3-2-4-6-11/h2-9,16H,10H2,1H3. The van der Waals surface area contributed by atoms with E-state index in [2.05, 4.69) is 0 Å². The monoisotopic (exact) mass is 270 g/mol. The minimum absolute atomic E-state index is 0.158. The van der Waals surface area contributed by atoms with Gasteiger partial charge in [0, 0.05) is 4.90 Å². The summed E-state index contributed by atoms with van der Waals surface area (Å²) in [4.78, 5) is 13.3. The van der Waals surface area contributed by atoms with Gasteiger partial charge in [-0.05, 0) is 30.0 Å². The van der Waals surface area contributed by atoms with Gasteiger partial charge >= 0.3 is 0 Å². The van der Waals surface area contributed by atoms with Crippen LogP contribution in [-0.4, -0.2) is 12.0 Å². The van der Waals surface area contributed by atoms with E-state index in [4.69, 9.17) is 4.74 Å². The minimum atomic E-state index is -0.165. The fourth-order valence-corrected chi connectivity index (χ4v) is 2.72. The van der Waals surface area contributed by atoms with Crippen LogP contribution in [0.4, 0.5) is 0 Å². The SMILES string of the molecule is CSc1ccc2c(c1)C(=O)CC(c1ccccc1)O2. The van der Waals surface area contributed by atoms with E-state index < -0.39 is 0 Å². The zero-order valence-electron chi connectivity index (χ0n) is 10.6. The molecule has 0 spiro atoms. The molecule has 3 heteroatoms. The number of ether oxygens (including phenoxy) is 1. The van der Waals surface area contributed by atoms with Crippen molar-refractivity contribution in [3.05, 3.63) is 59.7 Å². The maximum Gasteiger partial charge on any atom is 0.170 e. The van der Waals surface area contributed by atoms with Crippen LogP contribution < -0.4 is 4.74 Å². The average Bonchev–Trinajstić information content (AvgIpc) is 2.48. The van der Waals surface area contributed by atoms with Crippen molar-refractivity contribution in [3.8, 4) is 5.75 Å². The zero-order chi connectivity index (χ0) is 13.2. The van der Waals surface area contributed by atoms with Crippen molar-refractivity contribution >= 4 is 17.5 Å². The van der Waals surface area contributed by atoms with Gasteiger partial charge in [-0.25, -0.2) is 0 Å².